The molecule has 1 rings (SSSR count). The zero-order valence-electron chi connectivity index (χ0n) is 7.93. The molecule has 1 heterocycles. The second-order valence-electron chi connectivity index (χ2n) is 2.76. The monoisotopic (exact) mass is 234 g/mol. The molecule has 8 heteroatoms. The van der Waals surface area contributed by atoms with Gasteiger partial charge < -0.3 is 9.52 Å². The molecule has 0 amide bonds. The minimum Gasteiger partial charge on any atom is -0.475 e. The summed E-state index contributed by atoms with van der Waals surface area (Å²) in [7, 11) is -3.50. The third-order valence-electron chi connectivity index (χ3n) is 1.43. The van der Waals surface area contributed by atoms with Crippen molar-refractivity contribution in [2.75, 3.05) is 10.5 Å². The first-order chi connectivity index (χ1) is 6.94. The van der Waals surface area contributed by atoms with Gasteiger partial charge >= 0.3 is 12.0 Å². The van der Waals surface area contributed by atoms with Crippen LogP contribution in [0.4, 0.5) is 6.01 Å². The first-order valence-electron chi connectivity index (χ1n) is 4.14. The van der Waals surface area contributed by atoms with Gasteiger partial charge in [-0.05, 0) is 6.42 Å². The van der Waals surface area contributed by atoms with Gasteiger partial charge in [0.25, 0.3) is 0 Å². The van der Waals surface area contributed by atoms with Crippen LogP contribution < -0.4 is 4.72 Å². The predicted molar refractivity (Wildman–Crippen MR) is 51.2 cm³/mol. The Kier molecular flexibility index (Phi) is 3.30. The van der Waals surface area contributed by atoms with Gasteiger partial charge in [-0.2, -0.15) is 0 Å². The van der Waals surface area contributed by atoms with Gasteiger partial charge in [0.1, 0.15) is 0 Å². The fraction of sp³-hybridized carbons (Fsp3) is 0.429. The predicted octanol–water partition coefficient (Wildman–Crippen LogP) is 0.524. The van der Waals surface area contributed by atoms with Gasteiger partial charge in [0.2, 0.25) is 15.8 Å². The first-order valence-corrected chi connectivity index (χ1v) is 5.79. The van der Waals surface area contributed by atoms with Crippen molar-refractivity contribution in [3.8, 4) is 0 Å². The summed E-state index contributed by atoms with van der Waals surface area (Å²) in [6.07, 6.45) is 1.38. The Balaban J connectivity index is 2.77. The van der Waals surface area contributed by atoms with Crippen molar-refractivity contribution >= 4 is 22.0 Å². The molecule has 1 aromatic rings. The molecule has 1 aromatic heterocycles. The maximum Gasteiger partial charge on any atom is 0.373 e. The molecule has 84 valence electrons. The molecular weight excluding hydrogens is 224 g/mol. The van der Waals surface area contributed by atoms with E-state index < -0.39 is 21.8 Å². The molecule has 0 radical (unpaired) electrons. The van der Waals surface area contributed by atoms with Gasteiger partial charge in [-0.3, -0.25) is 0 Å². The molecule has 0 atom stereocenters. The summed E-state index contributed by atoms with van der Waals surface area (Å²) < 4.78 is 29.1. The number of rotatable bonds is 5. The fourth-order valence-electron chi connectivity index (χ4n) is 0.873. The highest BCUT2D eigenvalue weighted by Gasteiger charge is 2.15. The lowest BCUT2D eigenvalue weighted by Crippen LogP contribution is -2.16. The average molecular weight is 234 g/mol. The van der Waals surface area contributed by atoms with Crippen molar-refractivity contribution in [3.63, 3.8) is 0 Å². The number of hydrogen-bond acceptors (Lipinski definition) is 5. The van der Waals surface area contributed by atoms with E-state index in [1.165, 1.54) is 0 Å². The molecule has 0 aliphatic carbocycles. The van der Waals surface area contributed by atoms with E-state index in [2.05, 4.69) is 9.40 Å². The standard InChI is InChI=1S/C7H10N2O5S/c1-2-3-15(12,13)9-7-8-4-5(14-7)6(10)11/h4H,2-3H2,1H3,(H,8,9)(H,10,11). The maximum atomic E-state index is 11.2. The van der Waals surface area contributed by atoms with Gasteiger partial charge in [0.15, 0.2) is 0 Å². The zero-order valence-corrected chi connectivity index (χ0v) is 8.74. The lowest BCUT2D eigenvalue weighted by atomic mass is 10.5. The largest absolute Gasteiger partial charge is 0.475 e. The highest BCUT2D eigenvalue weighted by Crippen LogP contribution is 2.10. The molecule has 0 saturated carbocycles. The minimum atomic E-state index is -3.50. The highest BCUT2D eigenvalue weighted by atomic mass is 32.2. The van der Waals surface area contributed by atoms with Gasteiger partial charge in [0.05, 0.1) is 11.9 Å². The van der Waals surface area contributed by atoms with Crippen molar-refractivity contribution in [1.29, 1.82) is 0 Å². The number of carbonyl (C=O) groups is 1. The Bertz CT molecular complexity index is 450. The SMILES string of the molecule is CCCS(=O)(=O)Nc1ncc(C(=O)O)o1. The van der Waals surface area contributed by atoms with Crippen molar-refractivity contribution in [2.45, 2.75) is 13.3 Å². The quantitative estimate of drug-likeness (QED) is 0.768. The summed E-state index contributed by atoms with van der Waals surface area (Å²) in [4.78, 5) is 13.9. The number of carboxylic acids is 1. The number of hydrogen-bond donors (Lipinski definition) is 2. The van der Waals surface area contributed by atoms with E-state index in [9.17, 15) is 13.2 Å². The summed E-state index contributed by atoms with van der Waals surface area (Å²) in [5, 5.41) is 8.49. The van der Waals surface area contributed by atoms with Gasteiger partial charge in [-0.15, -0.1) is 0 Å². The molecule has 0 aromatic carbocycles. The van der Waals surface area contributed by atoms with Crippen LogP contribution in [0.5, 0.6) is 0 Å². The Hall–Kier alpha value is -1.57. The Morgan fingerprint density at radius 3 is 2.80 bits per heavy atom. The minimum absolute atomic E-state index is 0.0716. The Labute approximate surface area is 86.2 Å². The van der Waals surface area contributed by atoms with Crippen LogP contribution in [0.25, 0.3) is 0 Å². The second kappa shape index (κ2) is 4.30. The van der Waals surface area contributed by atoms with E-state index in [1.54, 1.807) is 6.92 Å². The molecule has 0 saturated heterocycles. The number of anilines is 1. The van der Waals surface area contributed by atoms with Crippen LogP contribution in [0, 0.1) is 0 Å². The van der Waals surface area contributed by atoms with Crippen LogP contribution in [-0.2, 0) is 10.0 Å². The van der Waals surface area contributed by atoms with Crippen LogP contribution in [0.1, 0.15) is 23.9 Å². The van der Waals surface area contributed by atoms with Gasteiger partial charge in [0, 0.05) is 0 Å². The topological polar surface area (TPSA) is 110 Å². The third-order valence-corrected chi connectivity index (χ3v) is 2.86. The molecule has 0 spiro atoms. The van der Waals surface area contributed by atoms with Gasteiger partial charge in [-0.1, -0.05) is 6.92 Å². The normalized spacial score (nSPS) is 11.3. The molecule has 2 N–H and O–H groups in total. The molecular formula is C7H10N2O5S. The summed E-state index contributed by atoms with van der Waals surface area (Å²) in [6, 6.07) is -0.333. The third kappa shape index (κ3) is 3.24. The van der Waals surface area contributed by atoms with Crippen molar-refractivity contribution in [3.05, 3.63) is 12.0 Å². The first kappa shape index (κ1) is 11.5. The zero-order chi connectivity index (χ0) is 11.5. The smallest absolute Gasteiger partial charge is 0.373 e. The van der Waals surface area contributed by atoms with Crippen LogP contribution in [0.2, 0.25) is 0 Å². The lowest BCUT2D eigenvalue weighted by Gasteiger charge is -2.00. The molecule has 0 fully saturated rings. The summed E-state index contributed by atoms with van der Waals surface area (Å²) in [5.41, 5.74) is 0. The molecule has 0 bridgehead atoms. The number of sulfonamides is 1. The van der Waals surface area contributed by atoms with E-state index in [-0.39, 0.29) is 11.8 Å². The van der Waals surface area contributed by atoms with E-state index in [0.717, 1.165) is 6.20 Å². The number of nitrogens with one attached hydrogen (secondary N) is 1. The van der Waals surface area contributed by atoms with Crippen LogP contribution >= 0.6 is 0 Å². The van der Waals surface area contributed by atoms with Crippen molar-refractivity contribution in [1.82, 2.24) is 4.98 Å². The van der Waals surface area contributed by atoms with Crippen LogP contribution in [0.15, 0.2) is 10.6 Å². The van der Waals surface area contributed by atoms with Gasteiger partial charge in [-0.25, -0.2) is 22.9 Å². The Morgan fingerprint density at radius 2 is 2.33 bits per heavy atom. The average Bonchev–Trinajstić information content (AvgIpc) is 2.51. The highest BCUT2D eigenvalue weighted by molar-refractivity contribution is 7.92. The summed E-state index contributed by atoms with van der Waals surface area (Å²) >= 11 is 0. The number of carboxylic acid groups (broad SMARTS) is 1. The van der Waals surface area contributed by atoms with E-state index in [4.69, 9.17) is 5.11 Å². The molecule has 0 unspecified atom stereocenters. The van der Waals surface area contributed by atoms with Crippen molar-refractivity contribution < 1.29 is 22.7 Å². The number of nitrogens with zero attached hydrogens (tertiary/aromatic N) is 1. The fourth-order valence-corrected chi connectivity index (χ4v) is 1.87. The lowest BCUT2D eigenvalue weighted by molar-refractivity contribution is 0.0663. The van der Waals surface area contributed by atoms with E-state index >= 15 is 0 Å². The van der Waals surface area contributed by atoms with E-state index in [1.807, 2.05) is 4.72 Å². The summed E-state index contributed by atoms with van der Waals surface area (Å²) in [5.74, 6) is -1.79. The molecule has 15 heavy (non-hydrogen) atoms. The molecule has 0 aliphatic rings. The second-order valence-corrected chi connectivity index (χ2v) is 4.60. The van der Waals surface area contributed by atoms with Crippen LogP contribution in [0.3, 0.4) is 0 Å². The van der Waals surface area contributed by atoms with Crippen molar-refractivity contribution in [2.24, 2.45) is 0 Å². The number of oxazole rings is 1. The number of aromatic carboxylic acids is 1. The maximum absolute atomic E-state index is 11.2. The molecule has 7 nitrogen and oxygen atoms in total. The van der Waals surface area contributed by atoms with Crippen LogP contribution in [-0.4, -0.2) is 30.2 Å². The molecule has 0 aliphatic heterocycles. The number of aromatic nitrogens is 1. The Morgan fingerprint density at radius 1 is 1.67 bits per heavy atom. The summed E-state index contributed by atoms with van der Waals surface area (Å²) in [6.45, 7) is 1.71. The van der Waals surface area contributed by atoms with E-state index in [0.29, 0.717) is 6.42 Å².